The van der Waals surface area contributed by atoms with Crippen LogP contribution in [0.4, 0.5) is 4.39 Å². The summed E-state index contributed by atoms with van der Waals surface area (Å²) in [4.78, 5) is 27.0. The molecule has 4 rings (SSSR count). The summed E-state index contributed by atoms with van der Waals surface area (Å²) >= 11 is 0. The molecule has 2 atom stereocenters. The fraction of sp³-hybridized carbons (Fsp3) is 0.381. The Labute approximate surface area is 172 Å². The number of hydrogen-bond donors (Lipinski definition) is 2. The third-order valence-corrected chi connectivity index (χ3v) is 5.58. The number of para-hydroxylation sites is 1. The number of azide groups is 1. The molecule has 9 heteroatoms. The smallest absolute Gasteiger partial charge is 0.253 e. The van der Waals surface area contributed by atoms with E-state index in [9.17, 15) is 9.18 Å². The van der Waals surface area contributed by atoms with E-state index in [-0.39, 0.29) is 23.4 Å². The van der Waals surface area contributed by atoms with Gasteiger partial charge in [-0.25, -0.2) is 9.97 Å². The van der Waals surface area contributed by atoms with Crippen LogP contribution in [0, 0.1) is 18.8 Å². The van der Waals surface area contributed by atoms with Gasteiger partial charge in [-0.2, -0.15) is 4.39 Å². The molecule has 1 amide bonds. The highest BCUT2D eigenvalue weighted by Gasteiger charge is 2.28. The van der Waals surface area contributed by atoms with Crippen molar-refractivity contribution >= 4 is 16.9 Å². The Morgan fingerprint density at radius 2 is 2.20 bits per heavy atom. The molecule has 1 unspecified atom stereocenters. The predicted octanol–water partition coefficient (Wildman–Crippen LogP) is 4.63. The van der Waals surface area contributed by atoms with E-state index in [1.807, 2.05) is 19.1 Å². The van der Waals surface area contributed by atoms with Gasteiger partial charge in [0.15, 0.2) is 0 Å². The van der Waals surface area contributed by atoms with Crippen molar-refractivity contribution in [2.75, 3.05) is 13.1 Å². The Balaban J connectivity index is 1.68. The van der Waals surface area contributed by atoms with Crippen LogP contribution in [0.1, 0.15) is 47.4 Å². The standard InChI is InChI=1S/C21H22FN7O/c1-11(9-25-29-23)6-7-13-10-24-21(30)15-8-17(27-18(13)15)14-4-3-5-16-19(14)28-20(22)12(2)26-16/h3-5,8,11,13,27H,6-7,9-10H2,1-2H3,(H,24,30)/t11-,13?/m0/s1. The Bertz CT molecular complexity index is 1170. The van der Waals surface area contributed by atoms with Crippen LogP contribution in [0.3, 0.4) is 0 Å². The Morgan fingerprint density at radius 3 is 3.00 bits per heavy atom. The van der Waals surface area contributed by atoms with E-state index in [0.717, 1.165) is 18.5 Å². The van der Waals surface area contributed by atoms with Crippen molar-refractivity contribution in [2.24, 2.45) is 11.0 Å². The molecule has 2 aromatic heterocycles. The van der Waals surface area contributed by atoms with Gasteiger partial charge < -0.3 is 10.3 Å². The number of halogens is 1. The van der Waals surface area contributed by atoms with Crippen molar-refractivity contribution < 1.29 is 9.18 Å². The van der Waals surface area contributed by atoms with Crippen molar-refractivity contribution in [1.82, 2.24) is 20.3 Å². The lowest BCUT2D eigenvalue weighted by Gasteiger charge is -2.24. The second-order valence-corrected chi connectivity index (χ2v) is 7.79. The van der Waals surface area contributed by atoms with Gasteiger partial charge in [0, 0.05) is 40.9 Å². The van der Waals surface area contributed by atoms with Crippen LogP contribution in [0.15, 0.2) is 29.4 Å². The zero-order valence-electron chi connectivity index (χ0n) is 16.8. The van der Waals surface area contributed by atoms with Crippen LogP contribution in [0.5, 0.6) is 0 Å². The van der Waals surface area contributed by atoms with Crippen LogP contribution >= 0.6 is 0 Å². The fourth-order valence-corrected chi connectivity index (χ4v) is 3.90. The number of carbonyl (C=O) groups excluding carboxylic acids is 1. The van der Waals surface area contributed by atoms with Crippen molar-refractivity contribution in [3.63, 3.8) is 0 Å². The number of carbonyl (C=O) groups is 1. The van der Waals surface area contributed by atoms with Gasteiger partial charge >= 0.3 is 0 Å². The minimum absolute atomic E-state index is 0.125. The van der Waals surface area contributed by atoms with Crippen molar-refractivity contribution in [2.45, 2.75) is 32.6 Å². The number of fused-ring (bicyclic) bond motifs is 2. The molecule has 1 aliphatic rings. The Morgan fingerprint density at radius 1 is 1.37 bits per heavy atom. The number of aromatic nitrogens is 3. The molecule has 0 spiro atoms. The quantitative estimate of drug-likeness (QED) is 0.352. The number of nitrogens with zero attached hydrogens (tertiary/aromatic N) is 5. The maximum absolute atomic E-state index is 14.1. The minimum Gasteiger partial charge on any atom is -0.357 e. The number of amides is 1. The van der Waals surface area contributed by atoms with Gasteiger partial charge in [-0.3, -0.25) is 4.79 Å². The number of nitrogens with one attached hydrogen (secondary N) is 2. The second-order valence-electron chi connectivity index (χ2n) is 7.79. The van der Waals surface area contributed by atoms with Crippen molar-refractivity contribution in [3.05, 3.63) is 57.6 Å². The van der Waals surface area contributed by atoms with Gasteiger partial charge in [0.2, 0.25) is 5.95 Å². The summed E-state index contributed by atoms with van der Waals surface area (Å²) in [5.41, 5.74) is 12.7. The van der Waals surface area contributed by atoms with E-state index in [1.54, 1.807) is 19.1 Å². The van der Waals surface area contributed by atoms with Crippen LogP contribution in [0.2, 0.25) is 0 Å². The molecule has 8 nitrogen and oxygen atoms in total. The van der Waals surface area contributed by atoms with Gasteiger partial charge in [-0.05, 0) is 43.3 Å². The summed E-state index contributed by atoms with van der Waals surface area (Å²) in [6.45, 7) is 4.63. The summed E-state index contributed by atoms with van der Waals surface area (Å²) in [7, 11) is 0. The monoisotopic (exact) mass is 407 g/mol. The molecule has 3 aromatic rings. The number of aryl methyl sites for hydroxylation is 1. The molecule has 1 aliphatic heterocycles. The van der Waals surface area contributed by atoms with E-state index in [2.05, 4.69) is 30.3 Å². The first kappa shape index (κ1) is 19.8. The summed E-state index contributed by atoms with van der Waals surface area (Å²) in [6.07, 6.45) is 1.72. The highest BCUT2D eigenvalue weighted by molar-refractivity contribution is 5.99. The Hall–Kier alpha value is -3.45. The summed E-state index contributed by atoms with van der Waals surface area (Å²) < 4.78 is 14.1. The molecule has 3 heterocycles. The molecule has 2 N–H and O–H groups in total. The highest BCUT2D eigenvalue weighted by Crippen LogP contribution is 2.34. The average molecular weight is 407 g/mol. The number of hydrogen-bond acceptors (Lipinski definition) is 4. The predicted molar refractivity (Wildman–Crippen MR) is 112 cm³/mol. The van der Waals surface area contributed by atoms with Gasteiger partial charge in [0.05, 0.1) is 16.8 Å². The lowest BCUT2D eigenvalue weighted by Crippen LogP contribution is -2.34. The van der Waals surface area contributed by atoms with E-state index in [1.165, 1.54) is 0 Å². The number of aromatic amines is 1. The number of benzene rings is 1. The first-order valence-corrected chi connectivity index (χ1v) is 9.93. The molecule has 0 saturated heterocycles. The van der Waals surface area contributed by atoms with Crippen LogP contribution in [0.25, 0.3) is 32.7 Å². The van der Waals surface area contributed by atoms with E-state index in [4.69, 9.17) is 5.53 Å². The van der Waals surface area contributed by atoms with Gasteiger partial charge in [0.25, 0.3) is 5.91 Å². The SMILES string of the molecule is Cc1nc2cccc(-c3cc4c([nH]3)C(CC[C@H](C)CN=[N+]=[N-])CNC4=O)c2nc1F. The van der Waals surface area contributed by atoms with Crippen molar-refractivity contribution in [3.8, 4) is 11.3 Å². The molecular weight excluding hydrogens is 385 g/mol. The highest BCUT2D eigenvalue weighted by atomic mass is 19.1. The lowest BCUT2D eigenvalue weighted by molar-refractivity contribution is 0.0938. The van der Waals surface area contributed by atoms with Crippen LogP contribution in [-0.4, -0.2) is 33.9 Å². The van der Waals surface area contributed by atoms with Crippen molar-refractivity contribution in [1.29, 1.82) is 0 Å². The van der Waals surface area contributed by atoms with Gasteiger partial charge in [-0.1, -0.05) is 24.2 Å². The van der Waals surface area contributed by atoms with Gasteiger partial charge in [-0.15, -0.1) is 0 Å². The molecule has 0 bridgehead atoms. The summed E-state index contributed by atoms with van der Waals surface area (Å²) in [5.74, 6) is -0.342. The Kier molecular flexibility index (Phi) is 5.37. The molecule has 0 aliphatic carbocycles. The lowest BCUT2D eigenvalue weighted by atomic mass is 9.90. The third-order valence-electron chi connectivity index (χ3n) is 5.58. The fourth-order valence-electron chi connectivity index (χ4n) is 3.90. The molecule has 1 aromatic carbocycles. The van der Waals surface area contributed by atoms with E-state index in [0.29, 0.717) is 40.9 Å². The molecule has 0 saturated carbocycles. The zero-order valence-corrected chi connectivity index (χ0v) is 16.8. The van der Waals surface area contributed by atoms with E-state index < -0.39 is 5.95 Å². The first-order valence-electron chi connectivity index (χ1n) is 9.93. The molecule has 154 valence electrons. The topological polar surface area (TPSA) is 119 Å². The molecule has 30 heavy (non-hydrogen) atoms. The second kappa shape index (κ2) is 8.12. The maximum atomic E-state index is 14.1. The van der Waals surface area contributed by atoms with Gasteiger partial charge in [0.1, 0.15) is 5.52 Å². The first-order chi connectivity index (χ1) is 14.5. The molecule has 0 radical (unpaired) electrons. The van der Waals surface area contributed by atoms with Crippen LogP contribution in [-0.2, 0) is 0 Å². The molecular formula is C21H22FN7O. The number of rotatable bonds is 6. The molecule has 0 fully saturated rings. The summed E-state index contributed by atoms with van der Waals surface area (Å²) in [6, 6.07) is 7.28. The van der Waals surface area contributed by atoms with Crippen LogP contribution < -0.4 is 5.32 Å². The maximum Gasteiger partial charge on any atom is 0.253 e. The zero-order chi connectivity index (χ0) is 21.3. The minimum atomic E-state index is -0.601. The summed E-state index contributed by atoms with van der Waals surface area (Å²) in [5, 5.41) is 6.58. The largest absolute Gasteiger partial charge is 0.357 e. The van der Waals surface area contributed by atoms with E-state index >= 15 is 0 Å². The third kappa shape index (κ3) is 3.71. The normalized spacial score (nSPS) is 16.6. The number of H-pyrrole nitrogens is 1. The average Bonchev–Trinajstić information content (AvgIpc) is 3.18.